The van der Waals surface area contributed by atoms with Gasteiger partial charge in [-0.05, 0) is 29.7 Å². The molecule has 0 amide bonds. The second kappa shape index (κ2) is 6.38. The van der Waals surface area contributed by atoms with E-state index in [-0.39, 0.29) is 5.92 Å². The van der Waals surface area contributed by atoms with E-state index in [0.717, 1.165) is 12.0 Å². The van der Waals surface area contributed by atoms with Crippen molar-refractivity contribution < 1.29 is 0 Å². The fraction of sp³-hybridized carbons (Fsp3) is 0.176. The Balaban J connectivity index is 2.32. The molecule has 0 aliphatic heterocycles. The van der Waals surface area contributed by atoms with E-state index in [1.54, 1.807) is 0 Å². The maximum absolute atomic E-state index is 8.83. The summed E-state index contributed by atoms with van der Waals surface area (Å²) in [6.45, 7) is 0. The molecule has 19 heavy (non-hydrogen) atoms. The normalized spacial score (nSPS) is 11.3. The first-order chi connectivity index (χ1) is 9.35. The molecule has 1 unspecified atom stereocenters. The molecule has 2 aromatic carbocycles. The molecule has 0 saturated carbocycles. The van der Waals surface area contributed by atoms with Gasteiger partial charge in [0.25, 0.3) is 0 Å². The highest BCUT2D eigenvalue weighted by Gasteiger charge is 2.13. The van der Waals surface area contributed by atoms with E-state index < -0.39 is 0 Å². The van der Waals surface area contributed by atoms with E-state index in [1.165, 1.54) is 5.56 Å². The molecule has 0 aromatic heterocycles. The van der Waals surface area contributed by atoms with Crippen LogP contribution >= 0.6 is 0 Å². The lowest BCUT2D eigenvalue weighted by Crippen LogP contribution is -2.01. The van der Waals surface area contributed by atoms with Crippen molar-refractivity contribution in [1.29, 1.82) is 10.5 Å². The molecule has 0 saturated heterocycles. The Morgan fingerprint density at radius 1 is 0.842 bits per heavy atom. The maximum atomic E-state index is 8.83. The van der Waals surface area contributed by atoms with Gasteiger partial charge in [0.15, 0.2) is 0 Å². The number of nitriles is 2. The third-order valence-electron chi connectivity index (χ3n) is 3.19. The van der Waals surface area contributed by atoms with Crippen LogP contribution in [-0.4, -0.2) is 0 Å². The van der Waals surface area contributed by atoms with Gasteiger partial charge in [0, 0.05) is 12.3 Å². The van der Waals surface area contributed by atoms with Gasteiger partial charge in [0.2, 0.25) is 0 Å². The minimum atomic E-state index is 0.216. The lowest BCUT2D eigenvalue weighted by Gasteiger charge is -2.16. The summed E-state index contributed by atoms with van der Waals surface area (Å²) >= 11 is 0. The van der Waals surface area contributed by atoms with E-state index in [9.17, 15) is 0 Å². The van der Waals surface area contributed by atoms with Crippen LogP contribution < -0.4 is 0 Å². The van der Waals surface area contributed by atoms with Crippen LogP contribution in [0.15, 0.2) is 54.6 Å². The zero-order valence-electron chi connectivity index (χ0n) is 10.6. The predicted octanol–water partition coefficient (Wildman–Crippen LogP) is 3.99. The quantitative estimate of drug-likeness (QED) is 0.818. The van der Waals surface area contributed by atoms with Crippen molar-refractivity contribution in [3.8, 4) is 12.1 Å². The van der Waals surface area contributed by atoms with Gasteiger partial charge in [0.05, 0.1) is 17.7 Å². The summed E-state index contributed by atoms with van der Waals surface area (Å²) in [7, 11) is 0. The third-order valence-corrected chi connectivity index (χ3v) is 3.19. The molecule has 0 heterocycles. The largest absolute Gasteiger partial charge is 0.198 e. The number of rotatable bonds is 4. The van der Waals surface area contributed by atoms with E-state index in [1.807, 2.05) is 42.5 Å². The highest BCUT2D eigenvalue weighted by atomic mass is 14.3. The molecule has 92 valence electrons. The van der Waals surface area contributed by atoms with Crippen LogP contribution in [0.5, 0.6) is 0 Å². The zero-order chi connectivity index (χ0) is 13.5. The van der Waals surface area contributed by atoms with E-state index >= 15 is 0 Å². The molecule has 0 bridgehead atoms. The minimum Gasteiger partial charge on any atom is -0.198 e. The topological polar surface area (TPSA) is 47.6 Å². The molecule has 0 aliphatic carbocycles. The first-order valence-electron chi connectivity index (χ1n) is 6.27. The van der Waals surface area contributed by atoms with Gasteiger partial charge in [-0.25, -0.2) is 0 Å². The summed E-state index contributed by atoms with van der Waals surface area (Å²) in [4.78, 5) is 0. The van der Waals surface area contributed by atoms with Crippen molar-refractivity contribution in [3.05, 3.63) is 71.3 Å². The van der Waals surface area contributed by atoms with Crippen molar-refractivity contribution >= 4 is 0 Å². The van der Waals surface area contributed by atoms with E-state index in [2.05, 4.69) is 24.3 Å². The molecular formula is C17H14N2. The first kappa shape index (κ1) is 12.9. The number of nitrogens with zero attached hydrogens (tertiary/aromatic N) is 2. The molecule has 0 radical (unpaired) electrons. The monoisotopic (exact) mass is 246 g/mol. The average molecular weight is 246 g/mol. The summed E-state index contributed by atoms with van der Waals surface area (Å²) in [5.41, 5.74) is 3.03. The second-order valence-corrected chi connectivity index (χ2v) is 4.39. The fourth-order valence-electron chi connectivity index (χ4n) is 2.21. The van der Waals surface area contributed by atoms with Crippen molar-refractivity contribution in [1.82, 2.24) is 0 Å². The molecule has 1 atom stereocenters. The van der Waals surface area contributed by atoms with Gasteiger partial charge in [-0.1, -0.05) is 42.5 Å². The van der Waals surface area contributed by atoms with Gasteiger partial charge in [-0.2, -0.15) is 10.5 Å². The summed E-state index contributed by atoms with van der Waals surface area (Å²) in [5, 5.41) is 17.6. The van der Waals surface area contributed by atoms with Gasteiger partial charge in [-0.3, -0.25) is 0 Å². The van der Waals surface area contributed by atoms with E-state index in [0.29, 0.717) is 12.0 Å². The van der Waals surface area contributed by atoms with Gasteiger partial charge in [0.1, 0.15) is 0 Å². The standard InChI is InChI=1S/C17H14N2/c18-12-4-7-17(15-5-2-1-3-6-15)16-10-8-14(13-19)9-11-16/h1-3,5-6,8-11,17H,4,7H2. The minimum absolute atomic E-state index is 0.216. The van der Waals surface area contributed by atoms with Gasteiger partial charge in [-0.15, -0.1) is 0 Å². The van der Waals surface area contributed by atoms with E-state index in [4.69, 9.17) is 10.5 Å². The highest BCUT2D eigenvalue weighted by Crippen LogP contribution is 2.29. The molecule has 0 spiro atoms. The second-order valence-electron chi connectivity index (χ2n) is 4.39. The Morgan fingerprint density at radius 2 is 1.47 bits per heavy atom. The highest BCUT2D eigenvalue weighted by molar-refractivity contribution is 5.37. The van der Waals surface area contributed by atoms with Crippen LogP contribution in [0.2, 0.25) is 0 Å². The van der Waals surface area contributed by atoms with Crippen LogP contribution in [0.25, 0.3) is 0 Å². The fourth-order valence-corrected chi connectivity index (χ4v) is 2.21. The Labute approximate surface area is 113 Å². The molecular weight excluding hydrogens is 232 g/mol. The number of hydrogen-bond acceptors (Lipinski definition) is 2. The third kappa shape index (κ3) is 3.21. The molecule has 2 nitrogen and oxygen atoms in total. The van der Waals surface area contributed by atoms with Crippen LogP contribution in [0.1, 0.15) is 35.4 Å². The number of benzene rings is 2. The zero-order valence-corrected chi connectivity index (χ0v) is 10.6. The Bertz CT molecular complexity index is 600. The molecule has 0 aliphatic rings. The smallest absolute Gasteiger partial charge is 0.0991 e. The van der Waals surface area contributed by atoms with Crippen LogP contribution in [0.4, 0.5) is 0 Å². The number of hydrogen-bond donors (Lipinski definition) is 0. The van der Waals surface area contributed by atoms with Gasteiger partial charge < -0.3 is 0 Å². The summed E-state index contributed by atoms with van der Waals surface area (Å²) < 4.78 is 0. The Morgan fingerprint density at radius 3 is 2.05 bits per heavy atom. The molecule has 0 fully saturated rings. The van der Waals surface area contributed by atoms with Crippen molar-refractivity contribution in [2.75, 3.05) is 0 Å². The van der Waals surface area contributed by atoms with Gasteiger partial charge >= 0.3 is 0 Å². The maximum Gasteiger partial charge on any atom is 0.0991 e. The lowest BCUT2D eigenvalue weighted by atomic mass is 9.87. The van der Waals surface area contributed by atoms with Crippen LogP contribution in [0, 0.1) is 22.7 Å². The molecule has 2 heteroatoms. The Hall–Kier alpha value is -2.58. The molecule has 0 N–H and O–H groups in total. The Kier molecular flexibility index (Phi) is 4.32. The van der Waals surface area contributed by atoms with Crippen LogP contribution in [-0.2, 0) is 0 Å². The average Bonchev–Trinajstić information content (AvgIpc) is 2.49. The predicted molar refractivity (Wildman–Crippen MR) is 74.3 cm³/mol. The van der Waals surface area contributed by atoms with Crippen molar-refractivity contribution in [2.24, 2.45) is 0 Å². The summed E-state index contributed by atoms with van der Waals surface area (Å²) in [5.74, 6) is 0.216. The SMILES string of the molecule is N#CCCC(c1ccccc1)c1ccc(C#N)cc1. The first-order valence-corrected chi connectivity index (χ1v) is 6.27. The van der Waals surface area contributed by atoms with Crippen molar-refractivity contribution in [3.63, 3.8) is 0 Å². The summed E-state index contributed by atoms with van der Waals surface area (Å²) in [6, 6.07) is 22.1. The lowest BCUT2D eigenvalue weighted by molar-refractivity contribution is 0.733. The molecule has 2 rings (SSSR count). The van der Waals surface area contributed by atoms with Crippen LogP contribution in [0.3, 0.4) is 0 Å². The molecule has 2 aromatic rings. The van der Waals surface area contributed by atoms with Crippen molar-refractivity contribution in [2.45, 2.75) is 18.8 Å². The summed E-state index contributed by atoms with van der Waals surface area (Å²) in [6.07, 6.45) is 1.33.